The van der Waals surface area contributed by atoms with Crippen LogP contribution in [-0.4, -0.2) is 31.2 Å². The van der Waals surface area contributed by atoms with Crippen molar-refractivity contribution in [2.75, 3.05) is 5.75 Å². The molecule has 0 aromatic heterocycles. The fraction of sp³-hybridized carbons (Fsp3) is 0.130. The summed E-state index contributed by atoms with van der Waals surface area (Å²) in [4.78, 5) is 23.3. The third kappa shape index (κ3) is 5.12. The molecule has 3 rings (SSSR count). The van der Waals surface area contributed by atoms with E-state index in [9.17, 15) is 18.0 Å². The summed E-state index contributed by atoms with van der Waals surface area (Å²) in [7, 11) is -3.88. The van der Waals surface area contributed by atoms with Gasteiger partial charge in [0, 0.05) is 5.56 Å². The van der Waals surface area contributed by atoms with Crippen LogP contribution in [0, 0.1) is 0 Å². The molecule has 0 radical (unpaired) electrons. The topological polar surface area (TPSA) is 101 Å². The maximum atomic E-state index is 12.7. The Balaban J connectivity index is 1.78. The van der Waals surface area contributed by atoms with E-state index in [1.165, 1.54) is 12.1 Å². The molecule has 1 atom stereocenters. The second-order valence-corrected chi connectivity index (χ2v) is 8.85. The van der Waals surface area contributed by atoms with Crippen LogP contribution in [0.15, 0.2) is 83.8 Å². The van der Waals surface area contributed by atoms with Crippen molar-refractivity contribution in [3.05, 3.63) is 90.0 Å². The number of carbonyl (C=O) groups is 2. The molecule has 0 aliphatic rings. The van der Waals surface area contributed by atoms with Gasteiger partial charge >= 0.3 is 5.97 Å². The van der Waals surface area contributed by atoms with E-state index in [0.29, 0.717) is 5.56 Å². The van der Waals surface area contributed by atoms with Crippen molar-refractivity contribution in [3.63, 3.8) is 0 Å². The van der Waals surface area contributed by atoms with E-state index < -0.39 is 21.6 Å². The molecule has 1 amide bonds. The first-order valence-corrected chi connectivity index (χ1v) is 10.9. The van der Waals surface area contributed by atoms with Gasteiger partial charge in [0.25, 0.3) is 5.91 Å². The number of amides is 1. The van der Waals surface area contributed by atoms with Crippen LogP contribution < -0.4 is 5.32 Å². The fourth-order valence-corrected chi connectivity index (χ4v) is 4.09. The largest absolute Gasteiger partial charge is 0.480 e. The molecular formula is C23H21NO5S. The lowest BCUT2D eigenvalue weighted by molar-refractivity contribution is -0.134. The monoisotopic (exact) mass is 423 g/mol. The van der Waals surface area contributed by atoms with Crippen LogP contribution in [0.3, 0.4) is 0 Å². The number of rotatable bonds is 7. The minimum Gasteiger partial charge on any atom is -0.480 e. The third-order valence-corrected chi connectivity index (χ3v) is 6.25. The summed E-state index contributed by atoms with van der Waals surface area (Å²) in [6.45, 7) is 1.91. The molecule has 0 spiro atoms. The number of carboxylic acids is 1. The maximum Gasteiger partial charge on any atom is 0.319 e. The number of aliphatic carboxylic acids is 1. The second kappa shape index (κ2) is 8.92. The quantitative estimate of drug-likeness (QED) is 0.603. The summed E-state index contributed by atoms with van der Waals surface area (Å²) in [6.07, 6.45) is 0. The molecule has 0 aliphatic carbocycles. The van der Waals surface area contributed by atoms with Crippen molar-refractivity contribution in [2.45, 2.75) is 17.9 Å². The lowest BCUT2D eigenvalue weighted by Gasteiger charge is -2.15. The lowest BCUT2D eigenvalue weighted by atomic mass is 10.0. The second-order valence-electron chi connectivity index (χ2n) is 6.86. The van der Waals surface area contributed by atoms with E-state index >= 15 is 0 Å². The van der Waals surface area contributed by atoms with Gasteiger partial charge in [0.2, 0.25) is 0 Å². The van der Waals surface area contributed by atoms with Crippen molar-refractivity contribution < 1.29 is 23.1 Å². The van der Waals surface area contributed by atoms with E-state index in [2.05, 4.69) is 5.32 Å². The van der Waals surface area contributed by atoms with Gasteiger partial charge < -0.3 is 10.4 Å². The van der Waals surface area contributed by atoms with Crippen LogP contribution in [0.25, 0.3) is 11.1 Å². The molecular weight excluding hydrogens is 402 g/mol. The minimum atomic E-state index is -3.88. The Morgan fingerprint density at radius 3 is 2.20 bits per heavy atom. The highest BCUT2D eigenvalue weighted by molar-refractivity contribution is 7.92. The van der Waals surface area contributed by atoms with Crippen molar-refractivity contribution in [2.24, 2.45) is 0 Å². The molecule has 0 aliphatic heterocycles. The van der Waals surface area contributed by atoms with E-state index in [-0.39, 0.29) is 16.8 Å². The van der Waals surface area contributed by atoms with Gasteiger partial charge in [-0.1, -0.05) is 54.6 Å². The van der Waals surface area contributed by atoms with E-state index in [4.69, 9.17) is 5.11 Å². The summed E-state index contributed by atoms with van der Waals surface area (Å²) in [6, 6.07) is 22.4. The Bertz CT molecular complexity index is 1160. The highest BCUT2D eigenvalue weighted by atomic mass is 32.2. The summed E-state index contributed by atoms with van der Waals surface area (Å²) in [5.74, 6) is -2.57. The standard InChI is InChI=1S/C23H21NO5S/c1-16(17-6-3-2-4-7-17)24-23(27)20-9-5-8-19(14-20)18-10-12-21(13-11-18)30(28,29)15-22(25)26/h2-14,16H,15H2,1H3,(H,24,27)(H,25,26)/t16-/m1/s1. The smallest absolute Gasteiger partial charge is 0.319 e. The molecule has 0 heterocycles. The molecule has 0 fully saturated rings. The number of hydrogen-bond acceptors (Lipinski definition) is 4. The van der Waals surface area contributed by atoms with Gasteiger partial charge in [-0.15, -0.1) is 0 Å². The first kappa shape index (κ1) is 21.3. The Morgan fingerprint density at radius 1 is 0.900 bits per heavy atom. The number of sulfone groups is 1. The summed E-state index contributed by atoms with van der Waals surface area (Å²) >= 11 is 0. The number of carbonyl (C=O) groups excluding carboxylic acids is 1. The van der Waals surface area contributed by atoms with Gasteiger partial charge in [0.1, 0.15) is 0 Å². The SMILES string of the molecule is C[C@@H](NC(=O)c1cccc(-c2ccc(S(=O)(=O)CC(=O)O)cc2)c1)c1ccccc1. The number of carboxylic acid groups (broad SMARTS) is 1. The van der Waals surface area contributed by atoms with Gasteiger partial charge in [-0.05, 0) is 47.9 Å². The number of hydrogen-bond donors (Lipinski definition) is 2. The van der Waals surface area contributed by atoms with Gasteiger partial charge in [-0.25, -0.2) is 8.42 Å². The molecule has 0 bridgehead atoms. The Labute approximate surface area is 175 Å². The highest BCUT2D eigenvalue weighted by Crippen LogP contribution is 2.23. The average molecular weight is 423 g/mol. The van der Waals surface area contributed by atoms with Crippen LogP contribution in [-0.2, 0) is 14.6 Å². The zero-order valence-electron chi connectivity index (χ0n) is 16.3. The van der Waals surface area contributed by atoms with Gasteiger partial charge in [-0.2, -0.15) is 0 Å². The predicted molar refractivity (Wildman–Crippen MR) is 114 cm³/mol. The van der Waals surface area contributed by atoms with Crippen LogP contribution in [0.1, 0.15) is 28.9 Å². The molecule has 0 saturated heterocycles. The normalized spacial score (nSPS) is 12.2. The number of nitrogens with one attached hydrogen (secondary N) is 1. The Morgan fingerprint density at radius 2 is 1.57 bits per heavy atom. The summed E-state index contributed by atoms with van der Waals surface area (Å²) in [5, 5.41) is 11.7. The van der Waals surface area contributed by atoms with Gasteiger partial charge in [0.05, 0.1) is 10.9 Å². The first-order valence-electron chi connectivity index (χ1n) is 9.27. The van der Waals surface area contributed by atoms with Crippen LogP contribution in [0.2, 0.25) is 0 Å². The van der Waals surface area contributed by atoms with Crippen molar-refractivity contribution in [1.82, 2.24) is 5.32 Å². The molecule has 3 aromatic carbocycles. The summed E-state index contributed by atoms with van der Waals surface area (Å²) in [5.41, 5.74) is 2.95. The Hall–Kier alpha value is -3.45. The minimum absolute atomic E-state index is 0.0563. The van der Waals surface area contributed by atoms with Gasteiger partial charge in [0.15, 0.2) is 15.6 Å². The molecule has 0 unspecified atom stereocenters. The summed E-state index contributed by atoms with van der Waals surface area (Å²) < 4.78 is 24.0. The Kier molecular flexibility index (Phi) is 6.32. The molecule has 2 N–H and O–H groups in total. The first-order chi connectivity index (χ1) is 14.3. The number of benzene rings is 3. The van der Waals surface area contributed by atoms with E-state index in [0.717, 1.165) is 16.7 Å². The molecule has 7 heteroatoms. The fourth-order valence-electron chi connectivity index (χ4n) is 3.05. The molecule has 3 aromatic rings. The van der Waals surface area contributed by atoms with Crippen LogP contribution in [0.5, 0.6) is 0 Å². The van der Waals surface area contributed by atoms with Crippen LogP contribution >= 0.6 is 0 Å². The zero-order chi connectivity index (χ0) is 21.7. The molecule has 0 saturated carbocycles. The van der Waals surface area contributed by atoms with E-state index in [1.807, 2.05) is 43.3 Å². The van der Waals surface area contributed by atoms with Crippen molar-refractivity contribution >= 4 is 21.7 Å². The maximum absolute atomic E-state index is 12.7. The lowest BCUT2D eigenvalue weighted by Crippen LogP contribution is -2.26. The predicted octanol–water partition coefficient (Wildman–Crippen LogP) is 3.70. The average Bonchev–Trinajstić information content (AvgIpc) is 2.73. The van der Waals surface area contributed by atoms with E-state index in [1.54, 1.807) is 30.3 Å². The van der Waals surface area contributed by atoms with Gasteiger partial charge in [-0.3, -0.25) is 9.59 Å². The van der Waals surface area contributed by atoms with Crippen LogP contribution in [0.4, 0.5) is 0 Å². The van der Waals surface area contributed by atoms with Crippen molar-refractivity contribution in [3.8, 4) is 11.1 Å². The zero-order valence-corrected chi connectivity index (χ0v) is 17.1. The molecule has 30 heavy (non-hydrogen) atoms. The van der Waals surface area contributed by atoms with Crippen molar-refractivity contribution in [1.29, 1.82) is 0 Å². The third-order valence-electron chi connectivity index (χ3n) is 4.63. The molecule has 154 valence electrons. The highest BCUT2D eigenvalue weighted by Gasteiger charge is 2.19. The molecule has 6 nitrogen and oxygen atoms in total.